The standard InChI is InChI=1S/C14H11ClF3NO2/c1-20-10-4-2-9(3-5-10)8-21-11-6-12(14(16,17)18)13(15)19-7-11/h2-7H,8H2,1H3. The Bertz CT molecular complexity index is 615. The zero-order valence-corrected chi connectivity index (χ0v) is 11.7. The van der Waals surface area contributed by atoms with E-state index in [2.05, 4.69) is 4.98 Å². The van der Waals surface area contributed by atoms with Crippen LogP contribution < -0.4 is 9.47 Å². The van der Waals surface area contributed by atoms with Crippen LogP contribution in [0.5, 0.6) is 11.5 Å². The number of benzene rings is 1. The lowest BCUT2D eigenvalue weighted by Crippen LogP contribution is -2.07. The van der Waals surface area contributed by atoms with E-state index in [0.717, 1.165) is 17.8 Å². The van der Waals surface area contributed by atoms with E-state index in [0.29, 0.717) is 5.75 Å². The smallest absolute Gasteiger partial charge is 0.419 e. The van der Waals surface area contributed by atoms with Crippen LogP contribution in [-0.4, -0.2) is 12.1 Å². The zero-order chi connectivity index (χ0) is 15.5. The highest BCUT2D eigenvalue weighted by Crippen LogP contribution is 2.35. The number of hydrogen-bond acceptors (Lipinski definition) is 3. The molecule has 0 radical (unpaired) electrons. The lowest BCUT2D eigenvalue weighted by Gasteiger charge is -2.11. The zero-order valence-electron chi connectivity index (χ0n) is 10.9. The van der Waals surface area contributed by atoms with Gasteiger partial charge in [-0.1, -0.05) is 23.7 Å². The van der Waals surface area contributed by atoms with Gasteiger partial charge in [0.2, 0.25) is 0 Å². The van der Waals surface area contributed by atoms with Gasteiger partial charge in [-0.25, -0.2) is 4.98 Å². The summed E-state index contributed by atoms with van der Waals surface area (Å²) in [6.07, 6.45) is -3.41. The van der Waals surface area contributed by atoms with Gasteiger partial charge in [0.25, 0.3) is 0 Å². The molecule has 1 heterocycles. The second-order valence-electron chi connectivity index (χ2n) is 4.14. The van der Waals surface area contributed by atoms with Crippen LogP contribution in [0.3, 0.4) is 0 Å². The summed E-state index contributed by atoms with van der Waals surface area (Å²) in [5, 5.41) is -0.598. The Morgan fingerprint density at radius 1 is 1.14 bits per heavy atom. The molecule has 1 aromatic heterocycles. The number of rotatable bonds is 4. The van der Waals surface area contributed by atoms with Gasteiger partial charge in [-0.15, -0.1) is 0 Å². The van der Waals surface area contributed by atoms with Crippen molar-refractivity contribution in [3.63, 3.8) is 0 Å². The van der Waals surface area contributed by atoms with Gasteiger partial charge in [0.15, 0.2) is 0 Å². The number of nitrogens with zero attached hydrogens (tertiary/aromatic N) is 1. The SMILES string of the molecule is COc1ccc(COc2cnc(Cl)c(C(F)(F)F)c2)cc1. The molecule has 0 saturated carbocycles. The predicted octanol–water partition coefficient (Wildman–Crippen LogP) is 4.34. The van der Waals surface area contributed by atoms with Gasteiger partial charge in [-0.2, -0.15) is 13.2 Å². The van der Waals surface area contributed by atoms with Crippen molar-refractivity contribution in [2.45, 2.75) is 12.8 Å². The summed E-state index contributed by atoms with van der Waals surface area (Å²) in [4.78, 5) is 3.49. The molecule has 112 valence electrons. The minimum atomic E-state index is -4.57. The van der Waals surface area contributed by atoms with Crippen LogP contribution in [0, 0.1) is 0 Å². The Labute approximate surface area is 124 Å². The van der Waals surface area contributed by atoms with E-state index < -0.39 is 16.9 Å². The van der Waals surface area contributed by atoms with Crippen molar-refractivity contribution in [1.82, 2.24) is 4.98 Å². The molecule has 2 rings (SSSR count). The first kappa shape index (κ1) is 15.4. The minimum Gasteiger partial charge on any atom is -0.497 e. The first-order valence-electron chi connectivity index (χ1n) is 5.88. The monoisotopic (exact) mass is 317 g/mol. The third-order valence-electron chi connectivity index (χ3n) is 2.68. The van der Waals surface area contributed by atoms with Crippen LogP contribution >= 0.6 is 11.6 Å². The van der Waals surface area contributed by atoms with Crippen LogP contribution in [0.15, 0.2) is 36.5 Å². The second kappa shape index (κ2) is 6.22. The molecular weight excluding hydrogens is 307 g/mol. The molecule has 3 nitrogen and oxygen atoms in total. The number of aromatic nitrogens is 1. The van der Waals surface area contributed by atoms with Crippen molar-refractivity contribution in [3.8, 4) is 11.5 Å². The normalized spacial score (nSPS) is 11.3. The van der Waals surface area contributed by atoms with Crippen molar-refractivity contribution in [2.24, 2.45) is 0 Å². The average Bonchev–Trinajstić information content (AvgIpc) is 2.45. The molecule has 0 aliphatic rings. The summed E-state index contributed by atoms with van der Waals surface area (Å²) < 4.78 is 48.3. The maximum atomic E-state index is 12.7. The van der Waals surface area contributed by atoms with Gasteiger partial charge < -0.3 is 9.47 Å². The Balaban J connectivity index is 2.09. The summed E-state index contributed by atoms with van der Waals surface area (Å²) >= 11 is 5.43. The number of methoxy groups -OCH3 is 1. The van der Waals surface area contributed by atoms with Crippen LogP contribution in [-0.2, 0) is 12.8 Å². The number of halogens is 4. The molecule has 0 atom stereocenters. The molecule has 0 spiro atoms. The van der Waals surface area contributed by atoms with E-state index >= 15 is 0 Å². The predicted molar refractivity (Wildman–Crippen MR) is 71.6 cm³/mol. The summed E-state index contributed by atoms with van der Waals surface area (Å²) in [6.45, 7) is 0.116. The largest absolute Gasteiger partial charge is 0.497 e. The van der Waals surface area contributed by atoms with Gasteiger partial charge in [0.1, 0.15) is 23.3 Å². The summed E-state index contributed by atoms with van der Waals surface area (Å²) in [5.41, 5.74) is -0.226. The first-order chi connectivity index (χ1) is 9.90. The van der Waals surface area contributed by atoms with Gasteiger partial charge in [-0.05, 0) is 23.8 Å². The number of hydrogen-bond donors (Lipinski definition) is 0. The quantitative estimate of drug-likeness (QED) is 0.786. The summed E-state index contributed by atoms with van der Waals surface area (Å²) in [7, 11) is 1.55. The first-order valence-corrected chi connectivity index (χ1v) is 6.26. The molecular formula is C14H11ClF3NO2. The van der Waals surface area contributed by atoms with Gasteiger partial charge in [-0.3, -0.25) is 0 Å². The minimum absolute atomic E-state index is 0.00235. The molecule has 2 aromatic rings. The summed E-state index contributed by atoms with van der Waals surface area (Å²) in [6, 6.07) is 7.82. The molecule has 0 N–H and O–H groups in total. The van der Waals surface area contributed by atoms with Crippen molar-refractivity contribution in [3.05, 3.63) is 52.8 Å². The number of ether oxygens (including phenoxy) is 2. The third kappa shape index (κ3) is 4.01. The van der Waals surface area contributed by atoms with Crippen LogP contribution in [0.2, 0.25) is 5.15 Å². The highest BCUT2D eigenvalue weighted by molar-refractivity contribution is 6.30. The molecule has 1 aromatic carbocycles. The Morgan fingerprint density at radius 2 is 1.81 bits per heavy atom. The highest BCUT2D eigenvalue weighted by Gasteiger charge is 2.34. The average molecular weight is 318 g/mol. The lowest BCUT2D eigenvalue weighted by atomic mass is 10.2. The molecule has 0 fully saturated rings. The van der Waals surface area contributed by atoms with E-state index in [1.807, 2.05) is 0 Å². The van der Waals surface area contributed by atoms with Crippen LogP contribution in [0.25, 0.3) is 0 Å². The second-order valence-corrected chi connectivity index (χ2v) is 4.50. The lowest BCUT2D eigenvalue weighted by molar-refractivity contribution is -0.137. The topological polar surface area (TPSA) is 31.4 Å². The fraction of sp³-hybridized carbons (Fsp3) is 0.214. The van der Waals surface area contributed by atoms with Crippen LogP contribution in [0.1, 0.15) is 11.1 Å². The van der Waals surface area contributed by atoms with E-state index in [1.165, 1.54) is 0 Å². The molecule has 0 bridgehead atoms. The van der Waals surface area contributed by atoms with Gasteiger partial charge in [0, 0.05) is 0 Å². The maximum absolute atomic E-state index is 12.7. The van der Waals surface area contributed by atoms with Gasteiger partial charge >= 0.3 is 6.18 Å². The molecule has 21 heavy (non-hydrogen) atoms. The van der Waals surface area contributed by atoms with E-state index in [-0.39, 0.29) is 12.4 Å². The fourth-order valence-corrected chi connectivity index (χ4v) is 1.81. The van der Waals surface area contributed by atoms with E-state index in [4.69, 9.17) is 21.1 Å². The van der Waals surface area contributed by atoms with Crippen LogP contribution in [0.4, 0.5) is 13.2 Å². The highest BCUT2D eigenvalue weighted by atomic mass is 35.5. The van der Waals surface area contributed by atoms with Gasteiger partial charge in [0.05, 0.1) is 18.9 Å². The third-order valence-corrected chi connectivity index (χ3v) is 2.99. The fourth-order valence-electron chi connectivity index (χ4n) is 1.60. The number of alkyl halides is 3. The van der Waals surface area contributed by atoms with E-state index in [1.54, 1.807) is 31.4 Å². The van der Waals surface area contributed by atoms with E-state index in [9.17, 15) is 13.2 Å². The maximum Gasteiger partial charge on any atom is 0.419 e. The Kier molecular flexibility index (Phi) is 4.57. The molecule has 7 heteroatoms. The number of pyridine rings is 1. The molecule has 0 amide bonds. The van der Waals surface area contributed by atoms with Crippen molar-refractivity contribution >= 4 is 11.6 Å². The Hall–Kier alpha value is -1.95. The molecule has 0 aliphatic heterocycles. The molecule has 0 unspecified atom stereocenters. The van der Waals surface area contributed by atoms with Crippen molar-refractivity contribution in [1.29, 1.82) is 0 Å². The molecule has 0 aliphatic carbocycles. The van der Waals surface area contributed by atoms with Crippen molar-refractivity contribution in [2.75, 3.05) is 7.11 Å². The molecule has 0 saturated heterocycles. The Morgan fingerprint density at radius 3 is 2.38 bits per heavy atom. The van der Waals surface area contributed by atoms with Crippen molar-refractivity contribution < 1.29 is 22.6 Å². The summed E-state index contributed by atoms with van der Waals surface area (Å²) in [5.74, 6) is 0.689.